The zero-order valence-corrected chi connectivity index (χ0v) is 12.9. The van der Waals surface area contributed by atoms with Crippen LogP contribution in [0.5, 0.6) is 0 Å². The van der Waals surface area contributed by atoms with E-state index < -0.39 is 11.5 Å². The van der Waals surface area contributed by atoms with Crippen LogP contribution in [0.1, 0.15) is 41.3 Å². The minimum atomic E-state index is -1.10. The third kappa shape index (κ3) is 2.73. The minimum absolute atomic E-state index is 0.0517. The van der Waals surface area contributed by atoms with Crippen molar-refractivity contribution < 1.29 is 14.3 Å². The normalized spacial score (nSPS) is 24.7. The topological polar surface area (TPSA) is 72.6 Å². The zero-order valence-electron chi connectivity index (χ0n) is 12.9. The van der Waals surface area contributed by atoms with Gasteiger partial charge in [-0.1, -0.05) is 6.07 Å². The monoisotopic (exact) mass is 302 g/mol. The Morgan fingerprint density at radius 3 is 2.68 bits per heavy atom. The lowest BCUT2D eigenvalue weighted by Crippen LogP contribution is -2.58. The number of rotatable bonds is 2. The van der Waals surface area contributed by atoms with Gasteiger partial charge in [-0.25, -0.2) is 0 Å². The lowest BCUT2D eigenvalue weighted by molar-refractivity contribution is -0.150. The molecule has 2 aliphatic rings. The zero-order chi connectivity index (χ0) is 15.7. The summed E-state index contributed by atoms with van der Waals surface area (Å²) in [4.78, 5) is 25.9. The van der Waals surface area contributed by atoms with Crippen molar-refractivity contribution in [3.8, 4) is 0 Å². The molecule has 1 saturated heterocycles. The second-order valence-corrected chi connectivity index (χ2v) is 6.36. The summed E-state index contributed by atoms with van der Waals surface area (Å²) in [6, 6.07) is 5.97. The number of morpholine rings is 1. The van der Waals surface area contributed by atoms with Crippen LogP contribution in [0.15, 0.2) is 18.2 Å². The number of aryl methyl sites for hydroxylation is 2. The van der Waals surface area contributed by atoms with E-state index >= 15 is 0 Å². The fourth-order valence-corrected chi connectivity index (χ4v) is 3.24. The molecule has 0 unspecified atom stereocenters. The summed E-state index contributed by atoms with van der Waals surface area (Å²) in [5, 5.41) is 0. The second-order valence-electron chi connectivity index (χ2n) is 6.36. The molecule has 0 saturated carbocycles. The van der Waals surface area contributed by atoms with Crippen molar-refractivity contribution in [2.75, 3.05) is 19.7 Å². The van der Waals surface area contributed by atoms with Gasteiger partial charge in [-0.15, -0.1) is 0 Å². The van der Waals surface area contributed by atoms with Gasteiger partial charge in [0.05, 0.1) is 13.2 Å². The van der Waals surface area contributed by atoms with Crippen molar-refractivity contribution in [2.45, 2.75) is 38.2 Å². The molecule has 1 fully saturated rings. The number of ether oxygens (including phenoxy) is 1. The SMILES string of the molecule is C[C@]1(C(N)=O)CN(C(=O)c2ccc3c(c2)CCCC3)CCO1. The van der Waals surface area contributed by atoms with Crippen molar-refractivity contribution >= 4 is 11.8 Å². The minimum Gasteiger partial charge on any atom is -0.367 e. The van der Waals surface area contributed by atoms with Gasteiger partial charge < -0.3 is 15.4 Å². The molecule has 22 heavy (non-hydrogen) atoms. The van der Waals surface area contributed by atoms with E-state index in [2.05, 4.69) is 6.07 Å². The molecule has 118 valence electrons. The number of hydrogen-bond acceptors (Lipinski definition) is 3. The highest BCUT2D eigenvalue weighted by Crippen LogP contribution is 2.24. The number of primary amides is 1. The van der Waals surface area contributed by atoms with Crippen LogP contribution in [-0.2, 0) is 22.4 Å². The molecule has 0 radical (unpaired) electrons. The van der Waals surface area contributed by atoms with Gasteiger partial charge in [-0.2, -0.15) is 0 Å². The highest BCUT2D eigenvalue weighted by molar-refractivity contribution is 5.95. The fourth-order valence-electron chi connectivity index (χ4n) is 3.24. The van der Waals surface area contributed by atoms with Crippen LogP contribution in [-0.4, -0.2) is 42.0 Å². The molecule has 1 aliphatic heterocycles. The summed E-state index contributed by atoms with van der Waals surface area (Å²) in [6.45, 7) is 2.66. The number of amides is 2. The van der Waals surface area contributed by atoms with Gasteiger partial charge in [0.15, 0.2) is 5.60 Å². The maximum absolute atomic E-state index is 12.7. The Bertz CT molecular complexity index is 614. The fraction of sp³-hybridized carbons (Fsp3) is 0.529. The summed E-state index contributed by atoms with van der Waals surface area (Å²) < 4.78 is 5.47. The predicted octanol–water partition coefficient (Wildman–Crippen LogP) is 1.28. The van der Waals surface area contributed by atoms with Gasteiger partial charge in [0.1, 0.15) is 0 Å². The molecular weight excluding hydrogens is 280 g/mol. The molecule has 0 bridgehead atoms. The highest BCUT2D eigenvalue weighted by atomic mass is 16.5. The van der Waals surface area contributed by atoms with E-state index in [-0.39, 0.29) is 12.5 Å². The number of fused-ring (bicyclic) bond motifs is 1. The lowest BCUT2D eigenvalue weighted by atomic mass is 9.90. The molecule has 1 heterocycles. The van der Waals surface area contributed by atoms with Crippen LogP contribution in [0.2, 0.25) is 0 Å². The van der Waals surface area contributed by atoms with Crippen molar-refractivity contribution in [3.63, 3.8) is 0 Å². The lowest BCUT2D eigenvalue weighted by Gasteiger charge is -2.38. The van der Waals surface area contributed by atoms with Gasteiger partial charge in [0.2, 0.25) is 0 Å². The van der Waals surface area contributed by atoms with Gasteiger partial charge in [0.25, 0.3) is 11.8 Å². The maximum atomic E-state index is 12.7. The summed E-state index contributed by atoms with van der Waals surface area (Å²) >= 11 is 0. The Hall–Kier alpha value is -1.88. The number of nitrogens with two attached hydrogens (primary N) is 1. The first-order valence-electron chi connectivity index (χ1n) is 7.84. The van der Waals surface area contributed by atoms with Crippen molar-refractivity contribution in [1.82, 2.24) is 4.90 Å². The highest BCUT2D eigenvalue weighted by Gasteiger charge is 2.39. The molecule has 5 nitrogen and oxygen atoms in total. The Kier molecular flexibility index (Phi) is 3.91. The number of benzene rings is 1. The molecule has 1 aromatic rings. The summed E-state index contributed by atoms with van der Waals surface area (Å²) in [5.41, 5.74) is 7.62. The van der Waals surface area contributed by atoms with Crippen LogP contribution in [0.25, 0.3) is 0 Å². The largest absolute Gasteiger partial charge is 0.367 e. The molecule has 5 heteroatoms. The van der Waals surface area contributed by atoms with Gasteiger partial charge in [-0.3, -0.25) is 9.59 Å². The van der Waals surface area contributed by atoms with Crippen LogP contribution in [0.3, 0.4) is 0 Å². The van der Waals surface area contributed by atoms with E-state index in [9.17, 15) is 9.59 Å². The van der Waals surface area contributed by atoms with E-state index in [1.54, 1.807) is 11.8 Å². The first-order valence-corrected chi connectivity index (χ1v) is 7.84. The third-order valence-corrected chi connectivity index (χ3v) is 4.68. The number of carbonyl (C=O) groups excluding carboxylic acids is 2. The van der Waals surface area contributed by atoms with E-state index in [1.807, 2.05) is 12.1 Å². The average molecular weight is 302 g/mol. The van der Waals surface area contributed by atoms with Crippen molar-refractivity contribution in [2.24, 2.45) is 5.73 Å². The average Bonchev–Trinajstić information content (AvgIpc) is 2.53. The Labute approximate surface area is 130 Å². The van der Waals surface area contributed by atoms with Crippen molar-refractivity contribution in [1.29, 1.82) is 0 Å². The quantitative estimate of drug-likeness (QED) is 0.894. The predicted molar refractivity (Wildman–Crippen MR) is 82.5 cm³/mol. The Morgan fingerprint density at radius 1 is 1.23 bits per heavy atom. The van der Waals surface area contributed by atoms with E-state index in [1.165, 1.54) is 24.0 Å². The summed E-state index contributed by atoms with van der Waals surface area (Å²) in [6.07, 6.45) is 4.54. The summed E-state index contributed by atoms with van der Waals surface area (Å²) in [5.74, 6) is -0.584. The van der Waals surface area contributed by atoms with Gasteiger partial charge >= 0.3 is 0 Å². The molecular formula is C17H22N2O3. The molecule has 1 atom stereocenters. The molecule has 0 spiro atoms. The molecule has 1 aliphatic carbocycles. The first kappa shape index (κ1) is 15.0. The maximum Gasteiger partial charge on any atom is 0.254 e. The molecule has 0 aromatic heterocycles. The number of nitrogens with zero attached hydrogens (tertiary/aromatic N) is 1. The molecule has 2 N–H and O–H groups in total. The van der Waals surface area contributed by atoms with Crippen LogP contribution in [0, 0.1) is 0 Å². The number of carbonyl (C=O) groups is 2. The van der Waals surface area contributed by atoms with Gasteiger partial charge in [0, 0.05) is 12.1 Å². The van der Waals surface area contributed by atoms with Crippen molar-refractivity contribution in [3.05, 3.63) is 34.9 Å². The molecule has 2 amide bonds. The smallest absolute Gasteiger partial charge is 0.254 e. The van der Waals surface area contributed by atoms with E-state index in [4.69, 9.17) is 10.5 Å². The van der Waals surface area contributed by atoms with Crippen LogP contribution in [0.4, 0.5) is 0 Å². The van der Waals surface area contributed by atoms with E-state index in [0.29, 0.717) is 18.7 Å². The Morgan fingerprint density at radius 2 is 1.95 bits per heavy atom. The molecule has 1 aromatic carbocycles. The van der Waals surface area contributed by atoms with Crippen LogP contribution >= 0.6 is 0 Å². The standard InChI is InChI=1S/C17H22N2O3/c1-17(16(18)21)11-19(8-9-22-17)15(20)14-7-6-12-4-2-3-5-13(12)10-14/h6-7,10H,2-5,8-9,11H2,1H3,(H2,18,21)/t17-/m1/s1. The third-order valence-electron chi connectivity index (χ3n) is 4.68. The second kappa shape index (κ2) is 5.72. The first-order chi connectivity index (χ1) is 10.5. The van der Waals surface area contributed by atoms with Gasteiger partial charge in [-0.05, 0) is 55.9 Å². The van der Waals surface area contributed by atoms with E-state index in [0.717, 1.165) is 12.8 Å². The summed E-state index contributed by atoms with van der Waals surface area (Å²) in [7, 11) is 0. The number of hydrogen-bond donors (Lipinski definition) is 1. The molecule has 3 rings (SSSR count). The Balaban J connectivity index is 1.80. The van der Waals surface area contributed by atoms with Crippen LogP contribution < -0.4 is 5.73 Å².